The highest BCUT2D eigenvalue weighted by Crippen LogP contribution is 2.26. The second-order valence-corrected chi connectivity index (χ2v) is 9.47. The van der Waals surface area contributed by atoms with E-state index in [2.05, 4.69) is 14.8 Å². The van der Waals surface area contributed by atoms with Crippen LogP contribution in [0.2, 0.25) is 0 Å². The number of methoxy groups -OCH3 is 1. The van der Waals surface area contributed by atoms with Gasteiger partial charge < -0.3 is 10.1 Å². The van der Waals surface area contributed by atoms with E-state index in [1.807, 2.05) is 0 Å². The van der Waals surface area contributed by atoms with Gasteiger partial charge in [-0.2, -0.15) is 0 Å². The van der Waals surface area contributed by atoms with Gasteiger partial charge in [0, 0.05) is 17.6 Å². The second kappa shape index (κ2) is 9.32. The number of carbonyl (C=O) groups is 2. The molecule has 2 rings (SSSR count). The Morgan fingerprint density at radius 2 is 1.85 bits per heavy atom. The molecule has 0 heterocycles. The lowest BCUT2D eigenvalue weighted by Crippen LogP contribution is -2.42. The molecule has 1 saturated carbocycles. The molecule has 0 aromatic heterocycles. The summed E-state index contributed by atoms with van der Waals surface area (Å²) in [4.78, 5) is 23.9. The summed E-state index contributed by atoms with van der Waals surface area (Å²) in [5.74, 6) is -0.551. The van der Waals surface area contributed by atoms with Crippen molar-refractivity contribution in [3.05, 3.63) is 29.8 Å². The van der Waals surface area contributed by atoms with Crippen LogP contribution in [0.15, 0.2) is 24.3 Å². The molecule has 0 bridgehead atoms. The van der Waals surface area contributed by atoms with Gasteiger partial charge in [-0.15, -0.1) is 0 Å². The van der Waals surface area contributed by atoms with E-state index in [0.717, 1.165) is 5.56 Å². The summed E-state index contributed by atoms with van der Waals surface area (Å²) in [6.07, 6.45) is 2.72. The lowest BCUT2D eigenvalue weighted by atomic mass is 9.86. The van der Waals surface area contributed by atoms with Crippen LogP contribution in [-0.2, 0) is 30.8 Å². The average molecular weight is 397 g/mol. The van der Waals surface area contributed by atoms with Crippen LogP contribution in [0.3, 0.4) is 0 Å². The van der Waals surface area contributed by atoms with Gasteiger partial charge in [0.25, 0.3) is 0 Å². The largest absolute Gasteiger partial charge is 0.469 e. The molecule has 1 fully saturated rings. The maximum Gasteiger partial charge on any atom is 0.309 e. The SMILES string of the molecule is COC(=O)Cc1cccc(NC(=O)C2CCC(NS(=O)(=O)C(C)C)CC2)c1. The van der Waals surface area contributed by atoms with E-state index in [1.165, 1.54) is 7.11 Å². The minimum atomic E-state index is -3.29. The molecule has 8 heteroatoms. The number of esters is 1. The number of amides is 1. The molecule has 7 nitrogen and oxygen atoms in total. The van der Waals surface area contributed by atoms with Crippen molar-refractivity contribution in [1.29, 1.82) is 0 Å². The summed E-state index contributed by atoms with van der Waals surface area (Å²) < 4.78 is 31.3. The van der Waals surface area contributed by atoms with E-state index >= 15 is 0 Å². The normalized spacial score (nSPS) is 20.3. The fourth-order valence-corrected chi connectivity index (χ4v) is 4.06. The van der Waals surface area contributed by atoms with E-state index < -0.39 is 15.3 Å². The molecule has 1 aromatic rings. The molecule has 1 aromatic carbocycles. The molecule has 1 aliphatic rings. The third-order valence-corrected chi connectivity index (χ3v) is 6.72. The van der Waals surface area contributed by atoms with Crippen molar-refractivity contribution in [3.8, 4) is 0 Å². The van der Waals surface area contributed by atoms with Crippen molar-refractivity contribution < 1.29 is 22.7 Å². The highest BCUT2D eigenvalue weighted by molar-refractivity contribution is 7.90. The van der Waals surface area contributed by atoms with Crippen LogP contribution < -0.4 is 10.0 Å². The Labute approximate surface area is 160 Å². The first-order valence-corrected chi connectivity index (χ1v) is 10.7. The fraction of sp³-hybridized carbons (Fsp3) is 0.579. The van der Waals surface area contributed by atoms with Crippen molar-refractivity contribution >= 4 is 27.6 Å². The second-order valence-electron chi connectivity index (χ2n) is 7.20. The van der Waals surface area contributed by atoms with Crippen molar-refractivity contribution in [1.82, 2.24) is 4.72 Å². The summed E-state index contributed by atoms with van der Waals surface area (Å²) >= 11 is 0. The number of anilines is 1. The van der Waals surface area contributed by atoms with Gasteiger partial charge in [0.05, 0.1) is 18.8 Å². The van der Waals surface area contributed by atoms with Gasteiger partial charge in [0.2, 0.25) is 15.9 Å². The molecule has 27 heavy (non-hydrogen) atoms. The number of hydrogen-bond donors (Lipinski definition) is 2. The predicted molar refractivity (Wildman–Crippen MR) is 104 cm³/mol. The number of benzene rings is 1. The number of sulfonamides is 1. The van der Waals surface area contributed by atoms with Crippen LogP contribution >= 0.6 is 0 Å². The number of rotatable bonds is 7. The molecule has 0 aliphatic heterocycles. The van der Waals surface area contributed by atoms with Gasteiger partial charge in [0.15, 0.2) is 0 Å². The minimum Gasteiger partial charge on any atom is -0.469 e. The van der Waals surface area contributed by atoms with Crippen LogP contribution in [0.5, 0.6) is 0 Å². The van der Waals surface area contributed by atoms with Gasteiger partial charge in [0.1, 0.15) is 0 Å². The molecule has 1 amide bonds. The van der Waals surface area contributed by atoms with E-state index in [0.29, 0.717) is 31.4 Å². The zero-order chi connectivity index (χ0) is 20.0. The van der Waals surface area contributed by atoms with E-state index in [1.54, 1.807) is 38.1 Å². The maximum atomic E-state index is 12.5. The molecule has 150 valence electrons. The monoisotopic (exact) mass is 396 g/mol. The van der Waals surface area contributed by atoms with Gasteiger partial charge >= 0.3 is 5.97 Å². The van der Waals surface area contributed by atoms with Crippen molar-refractivity contribution in [2.24, 2.45) is 5.92 Å². The van der Waals surface area contributed by atoms with E-state index in [4.69, 9.17) is 0 Å². The topological polar surface area (TPSA) is 102 Å². The molecule has 0 spiro atoms. The van der Waals surface area contributed by atoms with E-state index in [9.17, 15) is 18.0 Å². The van der Waals surface area contributed by atoms with Gasteiger partial charge in [-0.1, -0.05) is 12.1 Å². The van der Waals surface area contributed by atoms with Crippen LogP contribution in [-0.4, -0.2) is 38.7 Å². The Balaban J connectivity index is 1.88. The Bertz CT molecular complexity index is 768. The summed E-state index contributed by atoms with van der Waals surface area (Å²) in [5.41, 5.74) is 1.41. The number of carbonyl (C=O) groups excluding carboxylic acids is 2. The van der Waals surface area contributed by atoms with Crippen LogP contribution in [0, 0.1) is 5.92 Å². The van der Waals surface area contributed by atoms with Crippen LogP contribution in [0.1, 0.15) is 45.1 Å². The van der Waals surface area contributed by atoms with Crippen molar-refractivity contribution in [3.63, 3.8) is 0 Å². The Kier molecular flexibility index (Phi) is 7.38. The maximum absolute atomic E-state index is 12.5. The number of ether oxygens (including phenoxy) is 1. The van der Waals surface area contributed by atoms with E-state index in [-0.39, 0.29) is 30.3 Å². The minimum absolute atomic E-state index is 0.0737. The first kappa shape index (κ1) is 21.4. The van der Waals surface area contributed by atoms with Gasteiger partial charge in [-0.25, -0.2) is 13.1 Å². The quantitative estimate of drug-likeness (QED) is 0.688. The molecular weight excluding hydrogens is 368 g/mol. The smallest absolute Gasteiger partial charge is 0.309 e. The number of hydrogen-bond acceptors (Lipinski definition) is 5. The average Bonchev–Trinajstić information content (AvgIpc) is 2.62. The first-order valence-electron chi connectivity index (χ1n) is 9.19. The van der Waals surface area contributed by atoms with Crippen molar-refractivity contribution in [2.75, 3.05) is 12.4 Å². The third-order valence-electron chi connectivity index (χ3n) is 4.82. The zero-order valence-electron chi connectivity index (χ0n) is 16.0. The lowest BCUT2D eigenvalue weighted by Gasteiger charge is -2.28. The highest BCUT2D eigenvalue weighted by Gasteiger charge is 2.29. The molecule has 0 radical (unpaired) electrons. The molecule has 1 aliphatic carbocycles. The Hall–Kier alpha value is -1.93. The fourth-order valence-electron chi connectivity index (χ4n) is 3.08. The summed E-state index contributed by atoms with van der Waals surface area (Å²) in [6.45, 7) is 3.30. The summed E-state index contributed by atoms with van der Waals surface area (Å²) in [6, 6.07) is 7.02. The zero-order valence-corrected chi connectivity index (χ0v) is 16.8. The Morgan fingerprint density at radius 3 is 2.44 bits per heavy atom. The van der Waals surface area contributed by atoms with Crippen LogP contribution in [0.4, 0.5) is 5.69 Å². The molecule has 0 atom stereocenters. The molecule has 2 N–H and O–H groups in total. The molecule has 0 saturated heterocycles. The number of nitrogens with one attached hydrogen (secondary N) is 2. The Morgan fingerprint density at radius 1 is 1.19 bits per heavy atom. The molecule has 0 unspecified atom stereocenters. The third kappa shape index (κ3) is 6.32. The predicted octanol–water partition coefficient (Wildman–Crippen LogP) is 2.23. The van der Waals surface area contributed by atoms with Crippen molar-refractivity contribution in [2.45, 2.75) is 57.2 Å². The lowest BCUT2D eigenvalue weighted by molar-refractivity contribution is -0.139. The van der Waals surface area contributed by atoms with Gasteiger partial charge in [-0.3, -0.25) is 9.59 Å². The van der Waals surface area contributed by atoms with Crippen LogP contribution in [0.25, 0.3) is 0 Å². The molecular formula is C19H28N2O5S. The summed E-state index contributed by atoms with van der Waals surface area (Å²) in [7, 11) is -1.95. The first-order chi connectivity index (χ1) is 12.7. The highest BCUT2D eigenvalue weighted by atomic mass is 32.2. The van der Waals surface area contributed by atoms with Gasteiger partial charge in [-0.05, 0) is 57.2 Å². The standard InChI is InChI=1S/C19H28N2O5S/c1-13(2)27(24,25)21-16-9-7-15(8-10-16)19(23)20-17-6-4-5-14(11-17)12-18(22)26-3/h4-6,11,13,15-16,21H,7-10,12H2,1-3H3,(H,20,23). The summed E-state index contributed by atoms with van der Waals surface area (Å²) in [5, 5.41) is 2.43.